The zero-order valence-electron chi connectivity index (χ0n) is 13.0. The molecule has 7 heteroatoms. The maximum atomic E-state index is 12.1. The molecule has 1 aromatic carbocycles. The fraction of sp³-hybridized carbons (Fsp3) is 0.500. The van der Waals surface area contributed by atoms with Gasteiger partial charge < -0.3 is 15.0 Å². The van der Waals surface area contributed by atoms with Crippen molar-refractivity contribution < 1.29 is 14.3 Å². The van der Waals surface area contributed by atoms with Gasteiger partial charge in [0.1, 0.15) is 0 Å². The number of carbonyl (C=O) groups is 2. The zero-order chi connectivity index (χ0) is 16.8. The van der Waals surface area contributed by atoms with Crippen LogP contribution in [0.5, 0.6) is 0 Å². The number of halogens is 2. The van der Waals surface area contributed by atoms with E-state index >= 15 is 0 Å². The summed E-state index contributed by atoms with van der Waals surface area (Å²) in [5.74, 6) is -0.194. The second-order valence-corrected chi connectivity index (χ2v) is 6.23. The summed E-state index contributed by atoms with van der Waals surface area (Å²) in [5, 5.41) is 3.68. The van der Waals surface area contributed by atoms with Crippen molar-refractivity contribution in [1.29, 1.82) is 0 Å². The molecule has 1 aliphatic heterocycles. The monoisotopic (exact) mass is 358 g/mol. The van der Waals surface area contributed by atoms with E-state index < -0.39 is 0 Å². The van der Waals surface area contributed by atoms with E-state index in [1.54, 1.807) is 18.2 Å². The molecular formula is C16H20Cl2N2O3. The SMILES string of the molecule is CC(=O)N(CCNC(=O)C1CCOCC1)c1c(Cl)cccc1Cl. The molecule has 23 heavy (non-hydrogen) atoms. The smallest absolute Gasteiger partial charge is 0.224 e. The summed E-state index contributed by atoms with van der Waals surface area (Å²) in [6.07, 6.45) is 1.47. The predicted molar refractivity (Wildman–Crippen MR) is 91.0 cm³/mol. The molecule has 126 valence electrons. The van der Waals surface area contributed by atoms with E-state index in [1.165, 1.54) is 11.8 Å². The Balaban J connectivity index is 1.95. The van der Waals surface area contributed by atoms with Crippen molar-refractivity contribution in [2.45, 2.75) is 19.8 Å². The van der Waals surface area contributed by atoms with Crippen molar-refractivity contribution in [3.8, 4) is 0 Å². The van der Waals surface area contributed by atoms with Gasteiger partial charge in [-0.3, -0.25) is 9.59 Å². The third-order valence-electron chi connectivity index (χ3n) is 3.81. The predicted octanol–water partition coefficient (Wildman–Crippen LogP) is 2.89. The minimum Gasteiger partial charge on any atom is -0.381 e. The quantitative estimate of drug-likeness (QED) is 0.880. The lowest BCUT2D eigenvalue weighted by Gasteiger charge is -2.25. The summed E-state index contributed by atoms with van der Waals surface area (Å²) in [7, 11) is 0. The van der Waals surface area contributed by atoms with Gasteiger partial charge in [0.05, 0.1) is 15.7 Å². The molecule has 0 saturated carbocycles. The van der Waals surface area contributed by atoms with Crippen LogP contribution in [0, 0.1) is 5.92 Å². The first-order valence-electron chi connectivity index (χ1n) is 7.58. The molecular weight excluding hydrogens is 339 g/mol. The Labute approximate surface area is 145 Å². The molecule has 1 heterocycles. The van der Waals surface area contributed by atoms with Crippen molar-refractivity contribution in [1.82, 2.24) is 5.32 Å². The lowest BCUT2D eigenvalue weighted by Crippen LogP contribution is -2.41. The van der Waals surface area contributed by atoms with Crippen LogP contribution in [0.1, 0.15) is 19.8 Å². The van der Waals surface area contributed by atoms with Crippen LogP contribution < -0.4 is 10.2 Å². The molecule has 1 aromatic rings. The molecule has 1 fully saturated rings. The summed E-state index contributed by atoms with van der Waals surface area (Å²) in [5.41, 5.74) is 0.476. The number of rotatable bonds is 5. The molecule has 0 atom stereocenters. The first kappa shape index (κ1) is 18.0. The van der Waals surface area contributed by atoms with Gasteiger partial charge in [-0.05, 0) is 25.0 Å². The van der Waals surface area contributed by atoms with Crippen molar-refractivity contribution in [3.05, 3.63) is 28.2 Å². The van der Waals surface area contributed by atoms with Crippen LogP contribution in [0.2, 0.25) is 10.0 Å². The van der Waals surface area contributed by atoms with Crippen molar-refractivity contribution in [3.63, 3.8) is 0 Å². The Bertz CT molecular complexity index is 554. The van der Waals surface area contributed by atoms with Crippen molar-refractivity contribution >= 4 is 40.7 Å². The second-order valence-electron chi connectivity index (χ2n) is 5.42. The summed E-state index contributed by atoms with van der Waals surface area (Å²) < 4.78 is 5.25. The van der Waals surface area contributed by atoms with Crippen LogP contribution in [0.15, 0.2) is 18.2 Å². The number of nitrogens with zero attached hydrogens (tertiary/aromatic N) is 1. The van der Waals surface area contributed by atoms with E-state index in [-0.39, 0.29) is 17.7 Å². The maximum absolute atomic E-state index is 12.1. The largest absolute Gasteiger partial charge is 0.381 e. The first-order valence-corrected chi connectivity index (χ1v) is 8.34. The van der Waals surface area contributed by atoms with Crippen molar-refractivity contribution in [2.75, 3.05) is 31.2 Å². The van der Waals surface area contributed by atoms with E-state index in [0.717, 1.165) is 12.8 Å². The number of anilines is 1. The number of hydrogen-bond donors (Lipinski definition) is 1. The topological polar surface area (TPSA) is 58.6 Å². The molecule has 0 aliphatic carbocycles. The average Bonchev–Trinajstić information content (AvgIpc) is 2.53. The van der Waals surface area contributed by atoms with Crippen LogP contribution in [0.4, 0.5) is 5.69 Å². The lowest BCUT2D eigenvalue weighted by molar-refractivity contribution is -0.127. The van der Waals surface area contributed by atoms with Gasteiger partial charge >= 0.3 is 0 Å². The summed E-state index contributed by atoms with van der Waals surface area (Å²) >= 11 is 12.3. The summed E-state index contributed by atoms with van der Waals surface area (Å²) in [4.78, 5) is 25.5. The van der Waals surface area contributed by atoms with Gasteiger partial charge in [-0.2, -0.15) is 0 Å². The third-order valence-corrected chi connectivity index (χ3v) is 4.42. The van der Waals surface area contributed by atoms with Crippen LogP contribution in [-0.2, 0) is 14.3 Å². The molecule has 1 aliphatic rings. The van der Waals surface area contributed by atoms with Gasteiger partial charge in [-0.15, -0.1) is 0 Å². The van der Waals surface area contributed by atoms with Crippen LogP contribution >= 0.6 is 23.2 Å². The fourth-order valence-electron chi connectivity index (χ4n) is 2.57. The van der Waals surface area contributed by atoms with E-state index in [2.05, 4.69) is 5.32 Å². The molecule has 1 saturated heterocycles. The van der Waals surface area contributed by atoms with Crippen molar-refractivity contribution in [2.24, 2.45) is 5.92 Å². The molecule has 1 N–H and O–H groups in total. The Morgan fingerprint density at radius 3 is 2.43 bits per heavy atom. The second kappa shape index (κ2) is 8.52. The molecule has 0 bridgehead atoms. The summed E-state index contributed by atoms with van der Waals surface area (Å²) in [6, 6.07) is 5.08. The fourth-order valence-corrected chi connectivity index (χ4v) is 3.17. The normalized spacial score (nSPS) is 15.3. The molecule has 0 spiro atoms. The highest BCUT2D eigenvalue weighted by Gasteiger charge is 2.22. The first-order chi connectivity index (χ1) is 11.0. The Kier molecular flexibility index (Phi) is 6.69. The molecule has 2 rings (SSSR count). The highest BCUT2D eigenvalue weighted by atomic mass is 35.5. The number of hydrogen-bond acceptors (Lipinski definition) is 3. The van der Waals surface area contributed by atoms with Crippen LogP contribution in [0.25, 0.3) is 0 Å². The van der Waals surface area contributed by atoms with Gasteiger partial charge in [0.2, 0.25) is 11.8 Å². The summed E-state index contributed by atoms with van der Waals surface area (Å²) in [6.45, 7) is 3.34. The number of nitrogens with one attached hydrogen (secondary N) is 1. The highest BCUT2D eigenvalue weighted by molar-refractivity contribution is 6.39. The number of para-hydroxylation sites is 1. The minimum atomic E-state index is -0.180. The molecule has 0 radical (unpaired) electrons. The minimum absolute atomic E-state index is 0.00191. The van der Waals surface area contributed by atoms with Gasteiger partial charge in [-0.25, -0.2) is 0 Å². The number of benzene rings is 1. The average molecular weight is 359 g/mol. The van der Waals surface area contributed by atoms with Gasteiger partial charge in [0.15, 0.2) is 0 Å². The molecule has 2 amide bonds. The van der Waals surface area contributed by atoms with Gasteiger partial charge in [0, 0.05) is 39.1 Å². The van der Waals surface area contributed by atoms with Gasteiger partial charge in [-0.1, -0.05) is 29.3 Å². The molecule has 5 nitrogen and oxygen atoms in total. The Morgan fingerprint density at radius 2 is 1.87 bits per heavy atom. The maximum Gasteiger partial charge on any atom is 0.224 e. The zero-order valence-corrected chi connectivity index (χ0v) is 14.5. The number of ether oxygens (including phenoxy) is 1. The number of amides is 2. The Hall–Kier alpha value is -1.30. The standard InChI is InChI=1S/C16H20Cl2N2O3/c1-11(21)20(15-13(17)3-2-4-14(15)18)8-7-19-16(22)12-5-9-23-10-6-12/h2-4,12H,5-10H2,1H3,(H,19,22). The highest BCUT2D eigenvalue weighted by Crippen LogP contribution is 2.33. The third kappa shape index (κ3) is 4.83. The van der Waals surface area contributed by atoms with Gasteiger partial charge in [0.25, 0.3) is 0 Å². The van der Waals surface area contributed by atoms with E-state index in [9.17, 15) is 9.59 Å². The van der Waals surface area contributed by atoms with E-state index in [0.29, 0.717) is 42.0 Å². The van der Waals surface area contributed by atoms with E-state index in [4.69, 9.17) is 27.9 Å². The lowest BCUT2D eigenvalue weighted by atomic mass is 9.99. The molecule has 0 unspecified atom stereocenters. The van der Waals surface area contributed by atoms with Crippen LogP contribution in [-0.4, -0.2) is 38.1 Å². The molecule has 0 aromatic heterocycles. The Morgan fingerprint density at radius 1 is 1.26 bits per heavy atom. The van der Waals surface area contributed by atoms with Crippen LogP contribution in [0.3, 0.4) is 0 Å². The number of carbonyl (C=O) groups excluding carboxylic acids is 2. The van der Waals surface area contributed by atoms with E-state index in [1.807, 2.05) is 0 Å².